The van der Waals surface area contributed by atoms with Gasteiger partial charge in [0.05, 0.1) is 11.8 Å². The van der Waals surface area contributed by atoms with Crippen LogP contribution in [0.25, 0.3) is 0 Å². The molecule has 120 valence electrons. The van der Waals surface area contributed by atoms with Crippen LogP contribution in [0.2, 0.25) is 0 Å². The zero-order valence-electron chi connectivity index (χ0n) is 12.5. The number of carbonyl (C=O) groups is 1. The predicted molar refractivity (Wildman–Crippen MR) is 90.8 cm³/mol. The van der Waals surface area contributed by atoms with Gasteiger partial charge in [-0.25, -0.2) is 9.97 Å². The third-order valence-electron chi connectivity index (χ3n) is 3.55. The third-order valence-corrected chi connectivity index (χ3v) is 4.24. The number of rotatable bonds is 5. The average Bonchev–Trinajstić information content (AvgIpc) is 3.08. The summed E-state index contributed by atoms with van der Waals surface area (Å²) in [4.78, 5) is 20.4. The number of nitrogens with one attached hydrogen (secondary N) is 2. The molecule has 3 rings (SSSR count). The van der Waals surface area contributed by atoms with Crippen LogP contribution in [0.1, 0.15) is 23.3 Å². The number of ether oxygens (including phenoxy) is 1. The Bertz CT molecular complexity index is 689. The Balaban J connectivity index is 1.64. The van der Waals surface area contributed by atoms with Crippen molar-refractivity contribution in [2.45, 2.75) is 18.9 Å². The molecule has 0 bridgehead atoms. The van der Waals surface area contributed by atoms with Crippen molar-refractivity contribution < 1.29 is 9.53 Å². The van der Waals surface area contributed by atoms with Crippen LogP contribution in [-0.2, 0) is 4.74 Å². The molecular formula is C16H17BrN4O2. The predicted octanol–water partition coefficient (Wildman–Crippen LogP) is 2.89. The molecule has 0 saturated carbocycles. The molecule has 0 radical (unpaired) electrons. The Morgan fingerprint density at radius 2 is 2.22 bits per heavy atom. The minimum atomic E-state index is -0.224. The van der Waals surface area contributed by atoms with E-state index in [4.69, 9.17) is 4.74 Å². The van der Waals surface area contributed by atoms with Crippen molar-refractivity contribution in [1.82, 2.24) is 15.3 Å². The topological polar surface area (TPSA) is 76.1 Å². The molecule has 2 heterocycles. The minimum absolute atomic E-state index is 0.110. The first kappa shape index (κ1) is 15.9. The molecule has 1 amide bonds. The summed E-state index contributed by atoms with van der Waals surface area (Å²) in [6.45, 7) is 1.28. The molecule has 1 atom stereocenters. The number of halogens is 1. The molecule has 1 aromatic carbocycles. The molecule has 23 heavy (non-hydrogen) atoms. The van der Waals surface area contributed by atoms with E-state index in [1.807, 2.05) is 24.3 Å². The van der Waals surface area contributed by atoms with E-state index in [1.54, 1.807) is 6.07 Å². The van der Waals surface area contributed by atoms with Crippen LogP contribution in [0.3, 0.4) is 0 Å². The SMILES string of the molecule is O=C(NCC1CCCO1)c1cc(Nc2ccccc2Br)ncn1. The highest BCUT2D eigenvalue weighted by Gasteiger charge is 2.17. The van der Waals surface area contributed by atoms with Gasteiger partial charge >= 0.3 is 0 Å². The summed E-state index contributed by atoms with van der Waals surface area (Å²) in [6.07, 6.45) is 3.52. The molecule has 2 N–H and O–H groups in total. The van der Waals surface area contributed by atoms with Crippen molar-refractivity contribution in [3.05, 3.63) is 46.8 Å². The van der Waals surface area contributed by atoms with Crippen molar-refractivity contribution in [2.75, 3.05) is 18.5 Å². The van der Waals surface area contributed by atoms with E-state index in [9.17, 15) is 4.79 Å². The number of carbonyl (C=O) groups excluding carboxylic acids is 1. The van der Waals surface area contributed by atoms with Crippen molar-refractivity contribution >= 4 is 33.3 Å². The van der Waals surface area contributed by atoms with Crippen LogP contribution in [0, 0.1) is 0 Å². The van der Waals surface area contributed by atoms with Gasteiger partial charge in [0.25, 0.3) is 5.91 Å². The molecule has 1 aromatic heterocycles. The van der Waals surface area contributed by atoms with E-state index < -0.39 is 0 Å². The standard InChI is InChI=1S/C16H17BrN4O2/c17-12-5-1-2-6-13(12)21-15-8-14(19-10-20-15)16(22)18-9-11-4-3-7-23-11/h1-2,5-6,8,10-11H,3-4,7,9H2,(H,18,22)(H,19,20,21). The van der Waals surface area contributed by atoms with Crippen LogP contribution in [0.5, 0.6) is 0 Å². The fourth-order valence-corrected chi connectivity index (χ4v) is 2.74. The zero-order valence-corrected chi connectivity index (χ0v) is 14.0. The first-order chi connectivity index (χ1) is 11.2. The summed E-state index contributed by atoms with van der Waals surface area (Å²) in [7, 11) is 0. The maximum atomic E-state index is 12.2. The molecule has 1 fully saturated rings. The van der Waals surface area contributed by atoms with E-state index in [0.717, 1.165) is 29.6 Å². The van der Waals surface area contributed by atoms with Gasteiger partial charge in [0.15, 0.2) is 0 Å². The van der Waals surface area contributed by atoms with Crippen LogP contribution in [-0.4, -0.2) is 35.1 Å². The number of para-hydroxylation sites is 1. The van der Waals surface area contributed by atoms with Gasteiger partial charge < -0.3 is 15.4 Å². The Labute approximate surface area is 142 Å². The van der Waals surface area contributed by atoms with E-state index in [1.165, 1.54) is 6.33 Å². The Morgan fingerprint density at radius 1 is 1.35 bits per heavy atom. The maximum Gasteiger partial charge on any atom is 0.270 e. The summed E-state index contributed by atoms with van der Waals surface area (Å²) in [5, 5.41) is 6.01. The van der Waals surface area contributed by atoms with Crippen LogP contribution < -0.4 is 10.6 Å². The Kier molecular flexibility index (Phi) is 5.19. The normalized spacial score (nSPS) is 17.0. The second kappa shape index (κ2) is 7.52. The van der Waals surface area contributed by atoms with Crippen molar-refractivity contribution in [2.24, 2.45) is 0 Å². The van der Waals surface area contributed by atoms with Gasteiger partial charge in [-0.3, -0.25) is 4.79 Å². The summed E-state index contributed by atoms with van der Waals surface area (Å²) in [5.41, 5.74) is 1.20. The molecular weight excluding hydrogens is 360 g/mol. The van der Waals surface area contributed by atoms with Crippen molar-refractivity contribution in [1.29, 1.82) is 0 Å². The highest BCUT2D eigenvalue weighted by Crippen LogP contribution is 2.24. The van der Waals surface area contributed by atoms with E-state index in [-0.39, 0.29) is 12.0 Å². The second-order valence-electron chi connectivity index (χ2n) is 5.24. The van der Waals surface area contributed by atoms with E-state index in [2.05, 4.69) is 36.5 Å². The molecule has 1 saturated heterocycles. The highest BCUT2D eigenvalue weighted by molar-refractivity contribution is 9.10. The summed E-state index contributed by atoms with van der Waals surface area (Å²) in [6, 6.07) is 9.33. The lowest BCUT2D eigenvalue weighted by atomic mass is 10.2. The van der Waals surface area contributed by atoms with Gasteiger partial charge in [-0.2, -0.15) is 0 Å². The average molecular weight is 377 g/mol. The largest absolute Gasteiger partial charge is 0.376 e. The van der Waals surface area contributed by atoms with Crippen molar-refractivity contribution in [3.8, 4) is 0 Å². The first-order valence-electron chi connectivity index (χ1n) is 7.46. The molecule has 0 spiro atoms. The fourth-order valence-electron chi connectivity index (χ4n) is 2.35. The van der Waals surface area contributed by atoms with Gasteiger partial charge in [-0.05, 0) is 40.9 Å². The van der Waals surface area contributed by atoms with Gasteiger partial charge in [-0.15, -0.1) is 0 Å². The van der Waals surface area contributed by atoms with Gasteiger partial charge in [0, 0.05) is 23.7 Å². The molecule has 1 unspecified atom stereocenters. The Morgan fingerprint density at radius 3 is 3.00 bits per heavy atom. The minimum Gasteiger partial charge on any atom is -0.376 e. The van der Waals surface area contributed by atoms with Gasteiger partial charge in [0.1, 0.15) is 17.8 Å². The van der Waals surface area contributed by atoms with Crippen LogP contribution in [0.4, 0.5) is 11.5 Å². The molecule has 1 aliphatic heterocycles. The van der Waals surface area contributed by atoms with E-state index in [0.29, 0.717) is 18.1 Å². The number of hydrogen-bond donors (Lipinski definition) is 2. The number of nitrogens with zero attached hydrogens (tertiary/aromatic N) is 2. The maximum absolute atomic E-state index is 12.2. The lowest BCUT2D eigenvalue weighted by molar-refractivity contribution is 0.0853. The molecule has 1 aliphatic rings. The second-order valence-corrected chi connectivity index (χ2v) is 6.09. The van der Waals surface area contributed by atoms with Crippen LogP contribution >= 0.6 is 15.9 Å². The molecule has 0 aliphatic carbocycles. The molecule has 7 heteroatoms. The quantitative estimate of drug-likeness (QED) is 0.838. The lowest BCUT2D eigenvalue weighted by Crippen LogP contribution is -2.32. The first-order valence-corrected chi connectivity index (χ1v) is 8.25. The molecule has 6 nitrogen and oxygen atoms in total. The zero-order chi connectivity index (χ0) is 16.1. The third kappa shape index (κ3) is 4.27. The number of aromatic nitrogens is 2. The van der Waals surface area contributed by atoms with E-state index >= 15 is 0 Å². The number of anilines is 2. The number of amides is 1. The number of hydrogen-bond acceptors (Lipinski definition) is 5. The highest BCUT2D eigenvalue weighted by atomic mass is 79.9. The lowest BCUT2D eigenvalue weighted by Gasteiger charge is -2.11. The monoisotopic (exact) mass is 376 g/mol. The van der Waals surface area contributed by atoms with Crippen LogP contribution in [0.15, 0.2) is 41.1 Å². The Hall–Kier alpha value is -1.99. The molecule has 2 aromatic rings. The van der Waals surface area contributed by atoms with Gasteiger partial charge in [0.2, 0.25) is 0 Å². The van der Waals surface area contributed by atoms with Gasteiger partial charge in [-0.1, -0.05) is 12.1 Å². The fraction of sp³-hybridized carbons (Fsp3) is 0.312. The van der Waals surface area contributed by atoms with Crippen molar-refractivity contribution in [3.63, 3.8) is 0 Å². The summed E-state index contributed by atoms with van der Waals surface area (Å²) in [5.74, 6) is 0.340. The number of benzene rings is 1. The summed E-state index contributed by atoms with van der Waals surface area (Å²) >= 11 is 3.46. The summed E-state index contributed by atoms with van der Waals surface area (Å²) < 4.78 is 6.41. The smallest absolute Gasteiger partial charge is 0.270 e.